The van der Waals surface area contributed by atoms with E-state index in [0.717, 1.165) is 24.7 Å². The molecule has 0 bridgehead atoms. The van der Waals surface area contributed by atoms with Gasteiger partial charge in [-0.25, -0.2) is 4.68 Å². The summed E-state index contributed by atoms with van der Waals surface area (Å²) in [7, 11) is 3.60. The van der Waals surface area contributed by atoms with Crippen LogP contribution >= 0.6 is 0 Å². The molecule has 0 amide bonds. The normalized spacial score (nSPS) is 10.8. The molecular formula is C12H23N3O. The lowest BCUT2D eigenvalue weighted by Gasteiger charge is -2.06. The van der Waals surface area contributed by atoms with Crippen LogP contribution in [0.5, 0.6) is 5.88 Å². The fourth-order valence-electron chi connectivity index (χ4n) is 1.85. The van der Waals surface area contributed by atoms with E-state index in [0.29, 0.717) is 0 Å². The number of ether oxygens (including phenoxy) is 1. The first kappa shape index (κ1) is 13.0. The Morgan fingerprint density at radius 3 is 2.75 bits per heavy atom. The number of nitrogens with zero attached hydrogens (tertiary/aromatic N) is 2. The molecule has 0 spiro atoms. The molecule has 1 aromatic heterocycles. The van der Waals surface area contributed by atoms with Crippen LogP contribution < -0.4 is 10.1 Å². The van der Waals surface area contributed by atoms with E-state index < -0.39 is 0 Å². The van der Waals surface area contributed by atoms with Gasteiger partial charge in [0.1, 0.15) is 0 Å². The van der Waals surface area contributed by atoms with Crippen molar-refractivity contribution in [3.63, 3.8) is 0 Å². The Hall–Kier alpha value is -1.03. The number of rotatable bonds is 7. The van der Waals surface area contributed by atoms with Crippen LogP contribution in [0.15, 0.2) is 0 Å². The lowest BCUT2D eigenvalue weighted by atomic mass is 10.2. The van der Waals surface area contributed by atoms with Gasteiger partial charge in [-0.1, -0.05) is 19.8 Å². The molecule has 0 saturated carbocycles. The molecule has 0 aliphatic carbocycles. The second-order valence-electron chi connectivity index (χ2n) is 4.08. The third-order valence-corrected chi connectivity index (χ3v) is 2.74. The summed E-state index contributed by atoms with van der Waals surface area (Å²) in [4.78, 5) is 0. The van der Waals surface area contributed by atoms with Gasteiger partial charge in [0.15, 0.2) is 0 Å². The number of methoxy groups -OCH3 is 1. The minimum atomic E-state index is 0.840. The molecule has 1 heterocycles. The van der Waals surface area contributed by atoms with Gasteiger partial charge in [0.25, 0.3) is 0 Å². The summed E-state index contributed by atoms with van der Waals surface area (Å²) >= 11 is 0. The fourth-order valence-corrected chi connectivity index (χ4v) is 1.85. The first-order valence-electron chi connectivity index (χ1n) is 5.97. The van der Waals surface area contributed by atoms with Crippen LogP contribution in [0, 0.1) is 6.92 Å². The van der Waals surface area contributed by atoms with E-state index in [1.54, 1.807) is 11.8 Å². The molecule has 0 aliphatic heterocycles. The molecule has 0 radical (unpaired) electrons. The topological polar surface area (TPSA) is 39.1 Å². The van der Waals surface area contributed by atoms with Crippen molar-refractivity contribution in [2.45, 2.75) is 39.7 Å². The molecule has 1 N–H and O–H groups in total. The van der Waals surface area contributed by atoms with Crippen molar-refractivity contribution in [2.24, 2.45) is 7.05 Å². The highest BCUT2D eigenvalue weighted by molar-refractivity contribution is 5.30. The first-order valence-corrected chi connectivity index (χ1v) is 5.97. The van der Waals surface area contributed by atoms with Crippen molar-refractivity contribution in [1.29, 1.82) is 0 Å². The Labute approximate surface area is 98.0 Å². The Morgan fingerprint density at radius 2 is 2.12 bits per heavy atom. The van der Waals surface area contributed by atoms with E-state index in [4.69, 9.17) is 4.74 Å². The van der Waals surface area contributed by atoms with Gasteiger partial charge in [-0.15, -0.1) is 0 Å². The summed E-state index contributed by atoms with van der Waals surface area (Å²) < 4.78 is 7.13. The molecule has 0 aromatic carbocycles. The van der Waals surface area contributed by atoms with Crippen molar-refractivity contribution in [1.82, 2.24) is 15.1 Å². The summed E-state index contributed by atoms with van der Waals surface area (Å²) in [5.74, 6) is 0.862. The molecule has 0 atom stereocenters. The zero-order valence-corrected chi connectivity index (χ0v) is 10.8. The van der Waals surface area contributed by atoms with Gasteiger partial charge in [0.2, 0.25) is 5.88 Å². The smallest absolute Gasteiger partial charge is 0.216 e. The lowest BCUT2D eigenvalue weighted by Crippen LogP contribution is -2.15. The zero-order chi connectivity index (χ0) is 12.0. The second kappa shape index (κ2) is 6.53. The van der Waals surface area contributed by atoms with E-state index in [2.05, 4.69) is 17.3 Å². The standard InChI is InChI=1S/C12H23N3O/c1-5-6-7-8-13-9-11-10(2)14-15(3)12(11)16-4/h13H,5-9H2,1-4H3. The van der Waals surface area contributed by atoms with Crippen LogP contribution in [-0.2, 0) is 13.6 Å². The molecule has 0 fully saturated rings. The van der Waals surface area contributed by atoms with Crippen LogP contribution in [0.2, 0.25) is 0 Å². The summed E-state index contributed by atoms with van der Waals surface area (Å²) in [6.07, 6.45) is 3.78. The minimum Gasteiger partial charge on any atom is -0.481 e. The summed E-state index contributed by atoms with van der Waals surface area (Å²) in [6, 6.07) is 0. The largest absolute Gasteiger partial charge is 0.481 e. The Balaban J connectivity index is 2.46. The third-order valence-electron chi connectivity index (χ3n) is 2.74. The van der Waals surface area contributed by atoms with Gasteiger partial charge >= 0.3 is 0 Å². The van der Waals surface area contributed by atoms with E-state index >= 15 is 0 Å². The predicted molar refractivity (Wildman–Crippen MR) is 65.7 cm³/mol. The Kier molecular flexibility index (Phi) is 5.32. The molecule has 0 aliphatic rings. The summed E-state index contributed by atoms with van der Waals surface area (Å²) in [5.41, 5.74) is 2.21. The number of aryl methyl sites for hydroxylation is 2. The molecule has 1 rings (SSSR count). The van der Waals surface area contributed by atoms with E-state index in [1.165, 1.54) is 24.8 Å². The fraction of sp³-hybridized carbons (Fsp3) is 0.750. The molecule has 0 saturated heterocycles. The second-order valence-corrected chi connectivity index (χ2v) is 4.08. The van der Waals surface area contributed by atoms with Crippen molar-refractivity contribution >= 4 is 0 Å². The van der Waals surface area contributed by atoms with E-state index in [-0.39, 0.29) is 0 Å². The monoisotopic (exact) mass is 225 g/mol. The molecule has 16 heavy (non-hydrogen) atoms. The van der Waals surface area contributed by atoms with Crippen LogP contribution in [0.25, 0.3) is 0 Å². The van der Waals surface area contributed by atoms with Crippen LogP contribution in [0.1, 0.15) is 37.4 Å². The predicted octanol–water partition coefficient (Wildman–Crippen LogP) is 2.02. The summed E-state index contributed by atoms with van der Waals surface area (Å²) in [6.45, 7) is 6.14. The van der Waals surface area contributed by atoms with Gasteiger partial charge in [-0.05, 0) is 19.9 Å². The highest BCUT2D eigenvalue weighted by Crippen LogP contribution is 2.20. The Morgan fingerprint density at radius 1 is 1.38 bits per heavy atom. The van der Waals surface area contributed by atoms with Crippen molar-refractivity contribution in [3.05, 3.63) is 11.3 Å². The van der Waals surface area contributed by atoms with E-state index in [1.807, 2.05) is 14.0 Å². The first-order chi connectivity index (χ1) is 7.70. The highest BCUT2D eigenvalue weighted by Gasteiger charge is 2.12. The van der Waals surface area contributed by atoms with Gasteiger partial charge in [-0.2, -0.15) is 5.10 Å². The van der Waals surface area contributed by atoms with E-state index in [9.17, 15) is 0 Å². The molecule has 0 unspecified atom stereocenters. The highest BCUT2D eigenvalue weighted by atomic mass is 16.5. The average molecular weight is 225 g/mol. The average Bonchev–Trinajstić information content (AvgIpc) is 2.53. The minimum absolute atomic E-state index is 0.840. The van der Waals surface area contributed by atoms with Crippen molar-refractivity contribution < 1.29 is 4.74 Å². The molecule has 92 valence electrons. The lowest BCUT2D eigenvalue weighted by molar-refractivity contribution is 0.368. The quantitative estimate of drug-likeness (QED) is 0.722. The number of hydrogen-bond acceptors (Lipinski definition) is 3. The molecule has 1 aromatic rings. The van der Waals surface area contributed by atoms with Gasteiger partial charge < -0.3 is 10.1 Å². The number of nitrogens with one attached hydrogen (secondary N) is 1. The van der Waals surface area contributed by atoms with Crippen molar-refractivity contribution in [3.8, 4) is 5.88 Å². The SMILES string of the molecule is CCCCCNCc1c(C)nn(C)c1OC. The maximum atomic E-state index is 5.34. The van der Waals surface area contributed by atoms with Gasteiger partial charge in [0.05, 0.1) is 18.4 Å². The number of hydrogen-bond donors (Lipinski definition) is 1. The third kappa shape index (κ3) is 3.23. The number of aromatic nitrogens is 2. The van der Waals surface area contributed by atoms with Crippen molar-refractivity contribution in [2.75, 3.05) is 13.7 Å². The molecule has 4 heteroatoms. The Bertz CT molecular complexity index is 320. The van der Waals surface area contributed by atoms with Crippen LogP contribution in [0.4, 0.5) is 0 Å². The zero-order valence-electron chi connectivity index (χ0n) is 10.8. The van der Waals surface area contributed by atoms with Crippen LogP contribution in [-0.4, -0.2) is 23.4 Å². The molecule has 4 nitrogen and oxygen atoms in total. The van der Waals surface area contributed by atoms with Gasteiger partial charge in [0, 0.05) is 13.6 Å². The summed E-state index contributed by atoms with van der Waals surface area (Å²) in [5, 5.41) is 7.78. The van der Waals surface area contributed by atoms with Gasteiger partial charge in [-0.3, -0.25) is 0 Å². The maximum Gasteiger partial charge on any atom is 0.216 e. The maximum absolute atomic E-state index is 5.34. The molecular weight excluding hydrogens is 202 g/mol. The number of unbranched alkanes of at least 4 members (excludes halogenated alkanes) is 2. The van der Waals surface area contributed by atoms with Crippen LogP contribution in [0.3, 0.4) is 0 Å².